The third kappa shape index (κ3) is 2.11. The number of carboxylic acid groups (broad SMARTS) is 1. The maximum atomic E-state index is 13.1. The summed E-state index contributed by atoms with van der Waals surface area (Å²) in [6.45, 7) is -0.689. The van der Waals surface area contributed by atoms with E-state index in [0.717, 1.165) is 4.68 Å². The van der Waals surface area contributed by atoms with Crippen molar-refractivity contribution in [3.63, 3.8) is 0 Å². The molecule has 1 aliphatic carbocycles. The molecule has 4 nitrogen and oxygen atoms in total. The summed E-state index contributed by atoms with van der Waals surface area (Å²) in [6.07, 6.45) is -4.52. The molecule has 0 unspecified atom stereocenters. The zero-order valence-electron chi connectivity index (χ0n) is 8.46. The summed E-state index contributed by atoms with van der Waals surface area (Å²) in [6, 6.07) is 0. The molecule has 17 heavy (non-hydrogen) atoms. The van der Waals surface area contributed by atoms with Gasteiger partial charge in [0.15, 0.2) is 0 Å². The van der Waals surface area contributed by atoms with Crippen LogP contribution in [0, 0.1) is 0 Å². The molecular weight excluding hydrogens is 244 g/mol. The van der Waals surface area contributed by atoms with Gasteiger partial charge in [0, 0.05) is 17.7 Å². The predicted octanol–water partition coefficient (Wildman–Crippen LogP) is 1.64. The molecular formula is C9H8F4N2O2. The molecule has 94 valence electrons. The summed E-state index contributed by atoms with van der Waals surface area (Å²) in [4.78, 5) is 10.5. The fraction of sp³-hybridized carbons (Fsp3) is 0.556. The molecule has 1 N–H and O–H groups in total. The third-order valence-electron chi connectivity index (χ3n) is 2.55. The average molecular weight is 252 g/mol. The molecule has 1 aliphatic rings. The molecule has 1 aromatic heterocycles. The van der Waals surface area contributed by atoms with E-state index in [1.165, 1.54) is 0 Å². The molecule has 0 atom stereocenters. The normalized spacial score (nSPS) is 17.5. The number of aliphatic carboxylic acids is 1. The van der Waals surface area contributed by atoms with Crippen molar-refractivity contribution in [2.45, 2.75) is 31.7 Å². The standard InChI is InChI=1S/C9H8F4N2O2/c10-8(11)7-4-1-9(12,13)2-5(4)15(14-7)3-6(16)17/h8H,1-3H2,(H,16,17). The van der Waals surface area contributed by atoms with Crippen LogP contribution < -0.4 is 0 Å². The fourth-order valence-corrected chi connectivity index (χ4v) is 1.95. The van der Waals surface area contributed by atoms with Crippen LogP contribution in [0.25, 0.3) is 0 Å². The van der Waals surface area contributed by atoms with Gasteiger partial charge in [0.2, 0.25) is 0 Å². The first-order valence-corrected chi connectivity index (χ1v) is 4.76. The zero-order chi connectivity index (χ0) is 12.8. The van der Waals surface area contributed by atoms with Crippen molar-refractivity contribution in [1.82, 2.24) is 9.78 Å². The van der Waals surface area contributed by atoms with Gasteiger partial charge in [-0.25, -0.2) is 17.6 Å². The third-order valence-corrected chi connectivity index (χ3v) is 2.55. The minimum atomic E-state index is -3.10. The van der Waals surface area contributed by atoms with E-state index in [-0.39, 0.29) is 11.3 Å². The number of alkyl halides is 4. The SMILES string of the molecule is O=C(O)Cn1nc(C(F)F)c2c1CC(F)(F)C2. The number of fused-ring (bicyclic) bond motifs is 1. The van der Waals surface area contributed by atoms with Crippen molar-refractivity contribution in [3.05, 3.63) is 17.0 Å². The maximum absolute atomic E-state index is 13.1. The number of nitrogens with zero attached hydrogens (tertiary/aromatic N) is 2. The summed E-state index contributed by atoms with van der Waals surface area (Å²) >= 11 is 0. The van der Waals surface area contributed by atoms with E-state index in [1.807, 2.05) is 0 Å². The van der Waals surface area contributed by atoms with Crippen LogP contribution >= 0.6 is 0 Å². The van der Waals surface area contributed by atoms with Gasteiger partial charge in [-0.05, 0) is 0 Å². The van der Waals surface area contributed by atoms with Crippen molar-refractivity contribution in [3.8, 4) is 0 Å². The lowest BCUT2D eigenvalue weighted by Crippen LogP contribution is -2.19. The van der Waals surface area contributed by atoms with Crippen molar-refractivity contribution < 1.29 is 27.5 Å². The summed E-state index contributed by atoms with van der Waals surface area (Å²) in [5, 5.41) is 11.9. The molecule has 0 spiro atoms. The minimum absolute atomic E-state index is 0.104. The number of carbonyl (C=O) groups is 1. The number of hydrogen-bond donors (Lipinski definition) is 1. The Balaban J connectivity index is 2.44. The van der Waals surface area contributed by atoms with E-state index < -0.39 is 43.4 Å². The van der Waals surface area contributed by atoms with Gasteiger partial charge >= 0.3 is 5.97 Å². The lowest BCUT2D eigenvalue weighted by Gasteiger charge is -2.08. The second-order valence-corrected chi connectivity index (χ2v) is 3.87. The summed E-state index contributed by atoms with van der Waals surface area (Å²) in [5.74, 6) is -4.41. The number of aromatic nitrogens is 2. The van der Waals surface area contributed by atoms with Crippen molar-refractivity contribution in [2.24, 2.45) is 0 Å². The highest BCUT2D eigenvalue weighted by atomic mass is 19.3. The van der Waals surface area contributed by atoms with Crippen LogP contribution in [0.15, 0.2) is 0 Å². The van der Waals surface area contributed by atoms with E-state index in [1.54, 1.807) is 0 Å². The zero-order valence-corrected chi connectivity index (χ0v) is 8.46. The fourth-order valence-electron chi connectivity index (χ4n) is 1.95. The first-order valence-electron chi connectivity index (χ1n) is 4.76. The highest BCUT2D eigenvalue weighted by molar-refractivity contribution is 5.66. The van der Waals surface area contributed by atoms with Gasteiger partial charge < -0.3 is 5.11 Å². The molecule has 0 radical (unpaired) electrons. The first kappa shape index (κ1) is 11.9. The van der Waals surface area contributed by atoms with Gasteiger partial charge in [0.05, 0.1) is 6.42 Å². The van der Waals surface area contributed by atoms with E-state index >= 15 is 0 Å². The van der Waals surface area contributed by atoms with Crippen LogP contribution in [0.1, 0.15) is 23.4 Å². The van der Waals surface area contributed by atoms with Gasteiger partial charge in [0.25, 0.3) is 12.3 Å². The van der Waals surface area contributed by atoms with E-state index in [4.69, 9.17) is 5.11 Å². The van der Waals surface area contributed by atoms with Gasteiger partial charge in [-0.3, -0.25) is 9.48 Å². The van der Waals surface area contributed by atoms with Crippen LogP contribution in [-0.2, 0) is 24.2 Å². The van der Waals surface area contributed by atoms with Crippen molar-refractivity contribution in [2.75, 3.05) is 0 Å². The molecule has 0 amide bonds. The Labute approximate surface area is 92.8 Å². The quantitative estimate of drug-likeness (QED) is 0.832. The summed E-state index contributed by atoms with van der Waals surface area (Å²) < 4.78 is 52.0. The van der Waals surface area contributed by atoms with Crippen LogP contribution in [0.4, 0.5) is 17.6 Å². The van der Waals surface area contributed by atoms with E-state index in [2.05, 4.69) is 5.10 Å². The summed E-state index contributed by atoms with van der Waals surface area (Å²) in [5.41, 5.74) is -1.06. The Kier molecular flexibility index (Phi) is 2.59. The molecule has 1 aromatic rings. The number of halogens is 4. The van der Waals surface area contributed by atoms with Crippen LogP contribution in [-0.4, -0.2) is 26.8 Å². The van der Waals surface area contributed by atoms with Crippen LogP contribution in [0.3, 0.4) is 0 Å². The molecule has 0 aliphatic heterocycles. The Hall–Kier alpha value is -1.60. The van der Waals surface area contributed by atoms with Crippen LogP contribution in [0.2, 0.25) is 0 Å². The second kappa shape index (κ2) is 3.71. The molecule has 0 bridgehead atoms. The molecule has 0 saturated heterocycles. The van der Waals surface area contributed by atoms with Gasteiger partial charge in [0.1, 0.15) is 12.2 Å². The molecule has 1 heterocycles. The van der Waals surface area contributed by atoms with Crippen LogP contribution in [0.5, 0.6) is 0 Å². The molecule has 8 heteroatoms. The highest BCUT2D eigenvalue weighted by Gasteiger charge is 2.43. The van der Waals surface area contributed by atoms with Gasteiger partial charge in [-0.15, -0.1) is 0 Å². The molecule has 2 rings (SSSR count). The largest absolute Gasteiger partial charge is 0.480 e. The lowest BCUT2D eigenvalue weighted by molar-refractivity contribution is -0.138. The van der Waals surface area contributed by atoms with E-state index in [9.17, 15) is 22.4 Å². The van der Waals surface area contributed by atoms with Gasteiger partial charge in [-0.2, -0.15) is 5.10 Å². The Morgan fingerprint density at radius 2 is 2.12 bits per heavy atom. The second-order valence-electron chi connectivity index (χ2n) is 3.87. The topological polar surface area (TPSA) is 55.1 Å². The van der Waals surface area contributed by atoms with Crippen molar-refractivity contribution in [1.29, 1.82) is 0 Å². The Bertz CT molecular complexity index is 470. The highest BCUT2D eigenvalue weighted by Crippen LogP contribution is 2.38. The lowest BCUT2D eigenvalue weighted by atomic mass is 10.2. The smallest absolute Gasteiger partial charge is 0.325 e. The Morgan fingerprint density at radius 3 is 2.65 bits per heavy atom. The predicted molar refractivity (Wildman–Crippen MR) is 47.2 cm³/mol. The maximum Gasteiger partial charge on any atom is 0.325 e. The number of rotatable bonds is 3. The summed E-state index contributed by atoms with van der Waals surface area (Å²) in [7, 11) is 0. The van der Waals surface area contributed by atoms with Crippen molar-refractivity contribution >= 4 is 5.97 Å². The monoisotopic (exact) mass is 252 g/mol. The van der Waals surface area contributed by atoms with Gasteiger partial charge in [-0.1, -0.05) is 0 Å². The molecule has 0 saturated carbocycles. The molecule has 0 aromatic carbocycles. The first-order chi connectivity index (χ1) is 7.80. The number of hydrogen-bond acceptors (Lipinski definition) is 2. The minimum Gasteiger partial charge on any atom is -0.480 e. The molecule has 0 fully saturated rings. The average Bonchev–Trinajstić information content (AvgIpc) is 2.60. The van der Waals surface area contributed by atoms with E-state index in [0.29, 0.717) is 0 Å². The Morgan fingerprint density at radius 1 is 1.47 bits per heavy atom. The number of carboxylic acids is 1.